The van der Waals surface area contributed by atoms with Gasteiger partial charge in [0.1, 0.15) is 0 Å². The fourth-order valence-electron chi connectivity index (χ4n) is 2.72. The summed E-state index contributed by atoms with van der Waals surface area (Å²) in [5.41, 5.74) is 0. The van der Waals surface area contributed by atoms with Crippen molar-refractivity contribution in [1.29, 1.82) is 0 Å². The van der Waals surface area contributed by atoms with Gasteiger partial charge in [-0.15, -0.1) is 0 Å². The number of unbranched alkanes of at least 4 members (excludes halogenated alkanes) is 7. The largest absolute Gasteiger partial charge is 0.392 e. The zero-order valence-electron chi connectivity index (χ0n) is 14.6. The molecule has 128 valence electrons. The number of halogens is 1. The van der Waals surface area contributed by atoms with E-state index in [1.54, 1.807) is 0 Å². The minimum Gasteiger partial charge on any atom is -0.392 e. The molecule has 0 radical (unpaired) electrons. The molecule has 0 rings (SSSR count). The standard InChI is InChI=1S/C18H38INO/c1-4-6-7-8-9-10-11-12-13-18(19)14-15-20(5-2)16-17(3)21/h17-18,21H,4-16H2,1-3H3. The van der Waals surface area contributed by atoms with Gasteiger partial charge in [0.25, 0.3) is 0 Å². The zero-order valence-corrected chi connectivity index (χ0v) is 16.8. The Morgan fingerprint density at radius 2 is 1.48 bits per heavy atom. The maximum absolute atomic E-state index is 9.45. The molecule has 0 bridgehead atoms. The van der Waals surface area contributed by atoms with E-state index in [1.807, 2.05) is 6.92 Å². The number of aliphatic hydroxyl groups is 1. The summed E-state index contributed by atoms with van der Waals surface area (Å²) in [5.74, 6) is 0. The van der Waals surface area contributed by atoms with Crippen molar-refractivity contribution in [1.82, 2.24) is 4.90 Å². The average Bonchev–Trinajstić information content (AvgIpc) is 2.45. The summed E-state index contributed by atoms with van der Waals surface area (Å²) >= 11 is 2.62. The molecular formula is C18H38INO. The first kappa shape index (κ1) is 21.6. The highest BCUT2D eigenvalue weighted by atomic mass is 127. The van der Waals surface area contributed by atoms with Gasteiger partial charge in [-0.05, 0) is 32.9 Å². The first-order chi connectivity index (χ1) is 10.1. The SMILES string of the molecule is CCCCCCCCCCC(I)CCN(CC)CC(C)O. The van der Waals surface area contributed by atoms with Crippen LogP contribution in [0.4, 0.5) is 0 Å². The van der Waals surface area contributed by atoms with Crippen molar-refractivity contribution in [3.05, 3.63) is 0 Å². The molecule has 21 heavy (non-hydrogen) atoms. The summed E-state index contributed by atoms with van der Waals surface area (Å²) in [6.07, 6.45) is 13.7. The number of alkyl halides is 1. The van der Waals surface area contributed by atoms with Crippen LogP contribution in [0.25, 0.3) is 0 Å². The molecule has 0 aromatic rings. The Morgan fingerprint density at radius 3 is 2.00 bits per heavy atom. The van der Waals surface area contributed by atoms with Crippen LogP contribution >= 0.6 is 22.6 Å². The first-order valence-corrected chi connectivity index (χ1v) is 10.4. The molecule has 3 heteroatoms. The first-order valence-electron chi connectivity index (χ1n) is 9.14. The van der Waals surface area contributed by atoms with E-state index in [0.29, 0.717) is 0 Å². The van der Waals surface area contributed by atoms with Crippen molar-refractivity contribution in [3.8, 4) is 0 Å². The predicted molar refractivity (Wildman–Crippen MR) is 103 cm³/mol. The third-order valence-electron chi connectivity index (χ3n) is 4.10. The van der Waals surface area contributed by atoms with Gasteiger partial charge in [-0.2, -0.15) is 0 Å². The van der Waals surface area contributed by atoms with Crippen molar-refractivity contribution in [2.45, 2.75) is 95.0 Å². The number of likely N-dealkylation sites (N-methyl/N-ethyl adjacent to an activating group) is 1. The van der Waals surface area contributed by atoms with Gasteiger partial charge in [0.05, 0.1) is 6.10 Å². The number of hydrogen-bond acceptors (Lipinski definition) is 2. The summed E-state index contributed by atoms with van der Waals surface area (Å²) in [6.45, 7) is 9.34. The van der Waals surface area contributed by atoms with Crippen molar-refractivity contribution < 1.29 is 5.11 Å². The Bertz CT molecular complexity index is 211. The summed E-state index contributed by atoms with van der Waals surface area (Å²) in [6, 6.07) is 0. The van der Waals surface area contributed by atoms with Crippen LogP contribution in [0.3, 0.4) is 0 Å². The van der Waals surface area contributed by atoms with Gasteiger partial charge in [0.15, 0.2) is 0 Å². The zero-order chi connectivity index (χ0) is 15.9. The molecule has 0 spiro atoms. The van der Waals surface area contributed by atoms with E-state index in [2.05, 4.69) is 41.3 Å². The fraction of sp³-hybridized carbons (Fsp3) is 1.00. The maximum Gasteiger partial charge on any atom is 0.0639 e. The van der Waals surface area contributed by atoms with Gasteiger partial charge in [0.2, 0.25) is 0 Å². The van der Waals surface area contributed by atoms with E-state index in [0.717, 1.165) is 23.6 Å². The molecule has 2 atom stereocenters. The van der Waals surface area contributed by atoms with Gasteiger partial charge >= 0.3 is 0 Å². The van der Waals surface area contributed by atoms with Gasteiger partial charge in [0, 0.05) is 10.5 Å². The van der Waals surface area contributed by atoms with Crippen LogP contribution in [0.1, 0.15) is 85.0 Å². The monoisotopic (exact) mass is 411 g/mol. The normalized spacial score (nSPS) is 14.6. The van der Waals surface area contributed by atoms with Crippen molar-refractivity contribution >= 4 is 22.6 Å². The second-order valence-corrected chi connectivity index (χ2v) is 8.15. The third kappa shape index (κ3) is 15.3. The van der Waals surface area contributed by atoms with Crippen LogP contribution in [-0.4, -0.2) is 39.7 Å². The van der Waals surface area contributed by atoms with E-state index in [1.165, 1.54) is 64.2 Å². The highest BCUT2D eigenvalue weighted by Crippen LogP contribution is 2.17. The molecule has 1 N–H and O–H groups in total. The lowest BCUT2D eigenvalue weighted by Gasteiger charge is -2.23. The van der Waals surface area contributed by atoms with Gasteiger partial charge in [-0.1, -0.05) is 87.8 Å². The second kappa shape index (κ2) is 15.5. The Balaban J connectivity index is 3.42. The van der Waals surface area contributed by atoms with E-state index in [-0.39, 0.29) is 6.10 Å². The van der Waals surface area contributed by atoms with Crippen molar-refractivity contribution in [2.75, 3.05) is 19.6 Å². The smallest absolute Gasteiger partial charge is 0.0639 e. The number of aliphatic hydroxyl groups excluding tert-OH is 1. The maximum atomic E-state index is 9.45. The van der Waals surface area contributed by atoms with Gasteiger partial charge in [-0.3, -0.25) is 0 Å². The molecular weight excluding hydrogens is 373 g/mol. The predicted octanol–water partition coefficient (Wildman–Crippen LogP) is 5.41. The van der Waals surface area contributed by atoms with Gasteiger partial charge in [-0.25, -0.2) is 0 Å². The molecule has 0 fully saturated rings. The van der Waals surface area contributed by atoms with E-state index in [9.17, 15) is 5.11 Å². The third-order valence-corrected chi connectivity index (χ3v) is 5.34. The molecule has 0 aliphatic carbocycles. The van der Waals surface area contributed by atoms with Crippen LogP contribution in [0.5, 0.6) is 0 Å². The fourth-order valence-corrected chi connectivity index (χ4v) is 3.44. The molecule has 0 heterocycles. The summed E-state index contributed by atoms with van der Waals surface area (Å²) < 4.78 is 0.797. The van der Waals surface area contributed by atoms with Crippen LogP contribution in [0.2, 0.25) is 0 Å². The Kier molecular flexibility index (Phi) is 16.0. The minimum atomic E-state index is -0.203. The average molecular weight is 411 g/mol. The van der Waals surface area contributed by atoms with E-state index < -0.39 is 0 Å². The van der Waals surface area contributed by atoms with Crippen LogP contribution < -0.4 is 0 Å². The molecule has 0 aliphatic heterocycles. The highest BCUT2D eigenvalue weighted by molar-refractivity contribution is 14.1. The molecule has 0 saturated heterocycles. The van der Waals surface area contributed by atoms with Crippen LogP contribution in [0, 0.1) is 0 Å². The Morgan fingerprint density at radius 1 is 0.905 bits per heavy atom. The molecule has 0 amide bonds. The molecule has 0 aromatic heterocycles. The second-order valence-electron chi connectivity index (χ2n) is 6.39. The molecule has 0 aromatic carbocycles. The van der Waals surface area contributed by atoms with Gasteiger partial charge < -0.3 is 10.0 Å². The van der Waals surface area contributed by atoms with E-state index >= 15 is 0 Å². The number of hydrogen-bond donors (Lipinski definition) is 1. The Hall–Kier alpha value is 0.650. The molecule has 0 aliphatic rings. The van der Waals surface area contributed by atoms with E-state index in [4.69, 9.17) is 0 Å². The van der Waals surface area contributed by atoms with Crippen LogP contribution in [-0.2, 0) is 0 Å². The van der Waals surface area contributed by atoms with Crippen LogP contribution in [0.15, 0.2) is 0 Å². The number of rotatable bonds is 15. The van der Waals surface area contributed by atoms with Crippen molar-refractivity contribution in [2.24, 2.45) is 0 Å². The Labute approximate surface area is 147 Å². The lowest BCUT2D eigenvalue weighted by molar-refractivity contribution is 0.129. The molecule has 0 saturated carbocycles. The lowest BCUT2D eigenvalue weighted by Crippen LogP contribution is -2.32. The number of nitrogens with zero attached hydrogens (tertiary/aromatic N) is 1. The molecule has 2 nitrogen and oxygen atoms in total. The topological polar surface area (TPSA) is 23.5 Å². The quantitative estimate of drug-likeness (QED) is 0.221. The summed E-state index contributed by atoms with van der Waals surface area (Å²) in [7, 11) is 0. The minimum absolute atomic E-state index is 0.203. The molecule has 2 unspecified atom stereocenters. The van der Waals surface area contributed by atoms with Crippen molar-refractivity contribution in [3.63, 3.8) is 0 Å². The summed E-state index contributed by atoms with van der Waals surface area (Å²) in [5, 5.41) is 9.45. The lowest BCUT2D eigenvalue weighted by atomic mass is 10.1. The highest BCUT2D eigenvalue weighted by Gasteiger charge is 2.09. The summed E-state index contributed by atoms with van der Waals surface area (Å²) in [4.78, 5) is 2.37.